The predicted octanol–water partition coefficient (Wildman–Crippen LogP) is -0.291. The van der Waals surface area contributed by atoms with Crippen molar-refractivity contribution in [3.63, 3.8) is 0 Å². The Morgan fingerprint density at radius 2 is 1.22 bits per heavy atom. The van der Waals surface area contributed by atoms with Crippen molar-refractivity contribution in [1.29, 1.82) is 0 Å². The first kappa shape index (κ1) is 11.2. The average Bonchev–Trinajstić information content (AvgIpc) is 1.61. The second kappa shape index (κ2) is 5.53. The van der Waals surface area contributed by atoms with Crippen LogP contribution < -0.4 is 0 Å². The molecule has 9 heavy (non-hydrogen) atoms. The minimum Gasteiger partial charge on any atom is -0.478 e. The van der Waals surface area contributed by atoms with Crippen LogP contribution in [0.3, 0.4) is 0 Å². The zero-order valence-electron chi connectivity index (χ0n) is 4.37. The van der Waals surface area contributed by atoms with Gasteiger partial charge in [0.15, 0.2) is 0 Å². The molecule has 0 spiro atoms. The number of hydrogen-bond acceptors (Lipinski definition) is 2. The normalized spacial score (nSPS) is 8.44. The van der Waals surface area contributed by atoms with Crippen LogP contribution in [0.5, 0.6) is 0 Å². The Hall–Kier alpha value is -0.606. The summed E-state index contributed by atoms with van der Waals surface area (Å²) in [4.78, 5) is 19.1. The van der Waals surface area contributed by atoms with Gasteiger partial charge in [-0.05, 0) is 0 Å². The Morgan fingerprint density at radius 3 is 1.33 bits per heavy atom. The number of carboxylic acids is 2. The SMILES string of the molecule is O=C(O)/C=C/C(=O)O.[Ti]. The van der Waals surface area contributed by atoms with Crippen molar-refractivity contribution in [2.45, 2.75) is 0 Å². The van der Waals surface area contributed by atoms with Gasteiger partial charge in [-0.1, -0.05) is 0 Å². The van der Waals surface area contributed by atoms with Gasteiger partial charge < -0.3 is 10.2 Å². The van der Waals surface area contributed by atoms with Gasteiger partial charge in [-0.3, -0.25) is 0 Å². The van der Waals surface area contributed by atoms with Crippen molar-refractivity contribution in [2.75, 3.05) is 0 Å². The summed E-state index contributed by atoms with van der Waals surface area (Å²) in [6.45, 7) is 0. The summed E-state index contributed by atoms with van der Waals surface area (Å²) in [6.07, 6.45) is 1.12. The van der Waals surface area contributed by atoms with Crippen molar-refractivity contribution in [2.24, 2.45) is 0 Å². The van der Waals surface area contributed by atoms with Crippen LogP contribution in [0.4, 0.5) is 0 Å². The Kier molecular flexibility index (Phi) is 6.90. The summed E-state index contributed by atoms with van der Waals surface area (Å²) in [5, 5.41) is 15.6. The third-order valence-corrected chi connectivity index (χ3v) is 0.368. The molecule has 0 fully saturated rings. The number of rotatable bonds is 2. The van der Waals surface area contributed by atoms with E-state index in [1.54, 1.807) is 0 Å². The van der Waals surface area contributed by atoms with Gasteiger partial charge in [0, 0.05) is 33.9 Å². The molecule has 2 N–H and O–H groups in total. The largest absolute Gasteiger partial charge is 0.478 e. The van der Waals surface area contributed by atoms with Crippen LogP contribution >= 0.6 is 0 Å². The van der Waals surface area contributed by atoms with Gasteiger partial charge in [0.05, 0.1) is 0 Å². The monoisotopic (exact) mass is 164 g/mol. The fourth-order valence-electron chi connectivity index (χ4n) is 0.143. The molecule has 0 amide bonds. The topological polar surface area (TPSA) is 74.6 Å². The van der Waals surface area contributed by atoms with Crippen molar-refractivity contribution < 1.29 is 41.5 Å². The first-order valence-corrected chi connectivity index (χ1v) is 1.77. The predicted molar refractivity (Wildman–Crippen MR) is 24.4 cm³/mol. The van der Waals surface area contributed by atoms with E-state index in [1.165, 1.54) is 0 Å². The quantitative estimate of drug-likeness (QED) is 0.434. The Bertz CT molecular complexity index is 124. The molecule has 5 heteroatoms. The second-order valence-corrected chi connectivity index (χ2v) is 1.01. The maximum atomic E-state index is 9.55. The Labute approximate surface area is 66.1 Å². The molecule has 0 rings (SSSR count). The van der Waals surface area contributed by atoms with E-state index in [2.05, 4.69) is 0 Å². The number of carbonyl (C=O) groups is 2. The average molecular weight is 164 g/mol. The molecule has 0 aromatic heterocycles. The summed E-state index contributed by atoms with van der Waals surface area (Å²) < 4.78 is 0. The van der Waals surface area contributed by atoms with E-state index in [0.717, 1.165) is 0 Å². The molecule has 0 bridgehead atoms. The van der Waals surface area contributed by atoms with Gasteiger partial charge in [-0.2, -0.15) is 0 Å². The van der Waals surface area contributed by atoms with Gasteiger partial charge in [-0.25, -0.2) is 9.59 Å². The van der Waals surface area contributed by atoms with Crippen molar-refractivity contribution in [3.05, 3.63) is 12.2 Å². The van der Waals surface area contributed by atoms with Crippen LogP contribution in [-0.2, 0) is 31.3 Å². The standard InChI is InChI=1S/C4H4O4.Ti/c5-3(6)1-2-4(7)8;/h1-2H,(H,5,6)(H,7,8);/b2-1+;. The summed E-state index contributed by atoms with van der Waals surface area (Å²) in [5.74, 6) is -2.51. The third-order valence-electron chi connectivity index (χ3n) is 0.368. The molecule has 0 aromatic rings. The number of hydrogen-bond donors (Lipinski definition) is 2. The molecular weight excluding hydrogens is 160 g/mol. The van der Waals surface area contributed by atoms with Crippen molar-refractivity contribution >= 4 is 11.9 Å². The van der Waals surface area contributed by atoms with Gasteiger partial charge >= 0.3 is 11.9 Å². The van der Waals surface area contributed by atoms with Gasteiger partial charge in [-0.15, -0.1) is 0 Å². The van der Waals surface area contributed by atoms with E-state index in [-0.39, 0.29) is 21.7 Å². The molecule has 0 aromatic carbocycles. The van der Waals surface area contributed by atoms with Crippen LogP contribution in [0, 0.1) is 0 Å². The molecule has 0 aliphatic heterocycles. The maximum Gasteiger partial charge on any atom is 0.328 e. The van der Waals surface area contributed by atoms with E-state index in [0.29, 0.717) is 12.2 Å². The summed E-state index contributed by atoms with van der Waals surface area (Å²) in [5.41, 5.74) is 0. The van der Waals surface area contributed by atoms with Gasteiger partial charge in [0.2, 0.25) is 0 Å². The van der Waals surface area contributed by atoms with Crippen LogP contribution in [0.25, 0.3) is 0 Å². The first-order chi connectivity index (χ1) is 3.63. The molecule has 0 aliphatic rings. The Morgan fingerprint density at radius 1 is 1.00 bits per heavy atom. The number of carboxylic acid groups (broad SMARTS) is 2. The van der Waals surface area contributed by atoms with E-state index in [4.69, 9.17) is 10.2 Å². The fourth-order valence-corrected chi connectivity index (χ4v) is 0.143. The van der Waals surface area contributed by atoms with E-state index < -0.39 is 11.9 Å². The summed E-state index contributed by atoms with van der Waals surface area (Å²) in [6, 6.07) is 0. The van der Waals surface area contributed by atoms with Gasteiger partial charge in [0.25, 0.3) is 0 Å². The van der Waals surface area contributed by atoms with E-state index in [9.17, 15) is 9.59 Å². The van der Waals surface area contributed by atoms with Crippen LogP contribution in [0.15, 0.2) is 12.2 Å². The smallest absolute Gasteiger partial charge is 0.328 e. The van der Waals surface area contributed by atoms with E-state index in [1.807, 2.05) is 0 Å². The molecular formula is C4H4O4Ti. The fraction of sp³-hybridized carbons (Fsp3) is 0. The molecule has 0 unspecified atom stereocenters. The van der Waals surface area contributed by atoms with Crippen LogP contribution in [0.1, 0.15) is 0 Å². The molecule has 48 valence electrons. The molecule has 0 heterocycles. The van der Waals surface area contributed by atoms with Crippen molar-refractivity contribution in [1.82, 2.24) is 0 Å². The van der Waals surface area contributed by atoms with Crippen molar-refractivity contribution in [3.8, 4) is 0 Å². The molecule has 0 saturated carbocycles. The molecule has 0 saturated heterocycles. The summed E-state index contributed by atoms with van der Waals surface area (Å²) in [7, 11) is 0. The molecule has 0 atom stereocenters. The molecule has 4 nitrogen and oxygen atoms in total. The third kappa shape index (κ3) is 11.1. The summed E-state index contributed by atoms with van der Waals surface area (Å²) >= 11 is 0. The first-order valence-electron chi connectivity index (χ1n) is 1.77. The minimum absolute atomic E-state index is 0. The van der Waals surface area contributed by atoms with Gasteiger partial charge in [0.1, 0.15) is 0 Å². The van der Waals surface area contributed by atoms with Crippen LogP contribution in [-0.4, -0.2) is 22.2 Å². The molecule has 0 aliphatic carbocycles. The van der Waals surface area contributed by atoms with E-state index >= 15 is 0 Å². The molecule has 0 radical (unpaired) electrons. The zero-order valence-corrected chi connectivity index (χ0v) is 5.93. The Balaban J connectivity index is 0. The maximum absolute atomic E-state index is 9.55. The van der Waals surface area contributed by atoms with Crippen LogP contribution in [0.2, 0.25) is 0 Å². The zero-order chi connectivity index (χ0) is 6.57. The second-order valence-electron chi connectivity index (χ2n) is 1.01. The minimum atomic E-state index is -1.26. The number of aliphatic carboxylic acids is 2.